The number of piperazine rings is 2. The van der Waals surface area contributed by atoms with E-state index in [0.29, 0.717) is 11.9 Å². The zero-order valence-corrected chi connectivity index (χ0v) is 12.1. The Bertz CT molecular complexity index is 516. The number of hydrogen-bond donors (Lipinski definition) is 1. The Balaban J connectivity index is 1.39. The van der Waals surface area contributed by atoms with Crippen molar-refractivity contribution in [3.8, 4) is 0 Å². The Morgan fingerprint density at radius 2 is 2.10 bits per heavy atom. The maximum absolute atomic E-state index is 12.6. The average Bonchev–Trinajstić information content (AvgIpc) is 2.49. The third-order valence-electron chi connectivity index (χ3n) is 4.83. The zero-order chi connectivity index (χ0) is 14.2. The summed E-state index contributed by atoms with van der Waals surface area (Å²) in [5.41, 5.74) is 0. The van der Waals surface area contributed by atoms with Crippen LogP contribution in [0, 0.1) is 0 Å². The predicted molar refractivity (Wildman–Crippen MR) is 80.2 cm³/mol. The van der Waals surface area contributed by atoms with Gasteiger partial charge in [-0.25, -0.2) is 4.98 Å². The summed E-state index contributed by atoms with van der Waals surface area (Å²) in [5.74, 6) is 1.32. The van der Waals surface area contributed by atoms with Gasteiger partial charge >= 0.3 is 0 Å². The molecule has 4 rings (SSSR count). The monoisotopic (exact) mass is 287 g/mol. The molecule has 1 atom stereocenters. The summed E-state index contributed by atoms with van der Waals surface area (Å²) in [6, 6.07) is 6.37. The summed E-state index contributed by atoms with van der Waals surface area (Å²) in [5, 5.41) is 3.33. The molecule has 6 heteroatoms. The number of carbonyl (C=O) groups excluding carboxylic acids is 1. The second kappa shape index (κ2) is 5.27. The number of hydrogen-bond acceptors (Lipinski definition) is 5. The van der Waals surface area contributed by atoms with Crippen LogP contribution >= 0.6 is 0 Å². The van der Waals surface area contributed by atoms with E-state index in [1.807, 2.05) is 24.4 Å². The Morgan fingerprint density at radius 3 is 2.90 bits per heavy atom. The molecule has 3 saturated heterocycles. The smallest absolute Gasteiger partial charge is 0.241 e. The molecule has 3 aliphatic rings. The van der Waals surface area contributed by atoms with Gasteiger partial charge in [-0.3, -0.25) is 9.69 Å². The SMILES string of the molecule is O=C1[C@H]2CNCCN2CCN1C1CN(c2ccccn2)C1. The van der Waals surface area contributed by atoms with E-state index >= 15 is 0 Å². The van der Waals surface area contributed by atoms with Crippen molar-refractivity contribution >= 4 is 11.7 Å². The van der Waals surface area contributed by atoms with Gasteiger partial charge in [0.1, 0.15) is 11.9 Å². The van der Waals surface area contributed by atoms with Crippen molar-refractivity contribution in [1.82, 2.24) is 20.1 Å². The number of fused-ring (bicyclic) bond motifs is 1. The molecular weight excluding hydrogens is 266 g/mol. The number of nitrogens with one attached hydrogen (secondary N) is 1. The van der Waals surface area contributed by atoms with Crippen LogP contribution in [0.3, 0.4) is 0 Å². The van der Waals surface area contributed by atoms with E-state index < -0.39 is 0 Å². The van der Waals surface area contributed by atoms with Crippen LogP contribution in [0.4, 0.5) is 5.82 Å². The average molecular weight is 287 g/mol. The van der Waals surface area contributed by atoms with E-state index in [0.717, 1.165) is 51.6 Å². The number of anilines is 1. The molecule has 21 heavy (non-hydrogen) atoms. The number of nitrogens with zero attached hydrogens (tertiary/aromatic N) is 4. The molecule has 0 saturated carbocycles. The molecule has 0 radical (unpaired) electrons. The van der Waals surface area contributed by atoms with E-state index in [4.69, 9.17) is 0 Å². The highest BCUT2D eigenvalue weighted by atomic mass is 16.2. The molecule has 6 nitrogen and oxygen atoms in total. The summed E-state index contributed by atoms with van der Waals surface area (Å²) in [4.78, 5) is 23.7. The van der Waals surface area contributed by atoms with Crippen LogP contribution in [-0.2, 0) is 4.79 Å². The van der Waals surface area contributed by atoms with Gasteiger partial charge in [0.05, 0.1) is 6.04 Å². The van der Waals surface area contributed by atoms with Crippen molar-refractivity contribution < 1.29 is 4.79 Å². The third-order valence-corrected chi connectivity index (χ3v) is 4.83. The molecule has 3 aliphatic heterocycles. The first-order chi connectivity index (χ1) is 10.3. The van der Waals surface area contributed by atoms with Crippen molar-refractivity contribution in [3.05, 3.63) is 24.4 Å². The highest BCUT2D eigenvalue weighted by Crippen LogP contribution is 2.24. The lowest BCUT2D eigenvalue weighted by Crippen LogP contribution is -2.70. The number of carbonyl (C=O) groups is 1. The minimum atomic E-state index is 0.0522. The fourth-order valence-corrected chi connectivity index (χ4v) is 3.54. The normalized spacial score (nSPS) is 27.4. The van der Waals surface area contributed by atoms with E-state index in [1.54, 1.807) is 0 Å². The molecule has 1 amide bonds. The highest BCUT2D eigenvalue weighted by Gasteiger charge is 2.42. The van der Waals surface area contributed by atoms with Gasteiger partial charge in [0, 0.05) is 52.0 Å². The highest BCUT2D eigenvalue weighted by molar-refractivity contribution is 5.83. The van der Waals surface area contributed by atoms with Crippen molar-refractivity contribution in [2.45, 2.75) is 12.1 Å². The lowest BCUT2D eigenvalue weighted by atomic mass is 10.0. The Hall–Kier alpha value is -1.66. The van der Waals surface area contributed by atoms with E-state index in [2.05, 4.69) is 25.0 Å². The Kier molecular flexibility index (Phi) is 3.27. The molecule has 1 aromatic heterocycles. The first-order valence-corrected chi connectivity index (χ1v) is 7.74. The molecule has 112 valence electrons. The minimum absolute atomic E-state index is 0.0522. The summed E-state index contributed by atoms with van der Waals surface area (Å²) in [6.07, 6.45) is 1.82. The van der Waals surface area contributed by atoms with Gasteiger partial charge in [0.2, 0.25) is 5.91 Å². The van der Waals surface area contributed by atoms with E-state index in [9.17, 15) is 4.79 Å². The van der Waals surface area contributed by atoms with Crippen LogP contribution in [-0.4, -0.2) is 78.6 Å². The van der Waals surface area contributed by atoms with Gasteiger partial charge in [-0.05, 0) is 12.1 Å². The second-order valence-electron chi connectivity index (χ2n) is 6.03. The van der Waals surface area contributed by atoms with Gasteiger partial charge in [-0.15, -0.1) is 0 Å². The van der Waals surface area contributed by atoms with Crippen molar-refractivity contribution in [2.24, 2.45) is 0 Å². The maximum Gasteiger partial charge on any atom is 0.241 e. The fourth-order valence-electron chi connectivity index (χ4n) is 3.54. The summed E-state index contributed by atoms with van der Waals surface area (Å²) >= 11 is 0. The number of rotatable bonds is 2. The quantitative estimate of drug-likeness (QED) is 0.786. The molecule has 0 bridgehead atoms. The van der Waals surface area contributed by atoms with Crippen molar-refractivity contribution in [3.63, 3.8) is 0 Å². The lowest BCUT2D eigenvalue weighted by Gasteiger charge is -2.51. The first-order valence-electron chi connectivity index (χ1n) is 7.74. The zero-order valence-electron chi connectivity index (χ0n) is 12.1. The number of amides is 1. The van der Waals surface area contributed by atoms with Crippen molar-refractivity contribution in [2.75, 3.05) is 50.7 Å². The molecule has 0 aliphatic carbocycles. The number of pyridine rings is 1. The molecule has 1 N–H and O–H groups in total. The maximum atomic E-state index is 12.6. The van der Waals surface area contributed by atoms with Crippen LogP contribution in [0.25, 0.3) is 0 Å². The van der Waals surface area contributed by atoms with Gasteiger partial charge in [0.25, 0.3) is 0 Å². The Labute approximate surface area is 124 Å². The van der Waals surface area contributed by atoms with Crippen LogP contribution in [0.2, 0.25) is 0 Å². The van der Waals surface area contributed by atoms with Gasteiger partial charge in [-0.1, -0.05) is 6.07 Å². The molecule has 1 aromatic rings. The Morgan fingerprint density at radius 1 is 1.19 bits per heavy atom. The molecule has 4 heterocycles. The van der Waals surface area contributed by atoms with E-state index in [1.165, 1.54) is 0 Å². The van der Waals surface area contributed by atoms with Crippen LogP contribution in [0.1, 0.15) is 0 Å². The van der Waals surface area contributed by atoms with Crippen LogP contribution in [0.5, 0.6) is 0 Å². The van der Waals surface area contributed by atoms with Gasteiger partial charge in [0.15, 0.2) is 0 Å². The molecular formula is C15H21N5O. The largest absolute Gasteiger partial charge is 0.352 e. The summed E-state index contributed by atoms with van der Waals surface area (Å²) in [7, 11) is 0. The molecule has 0 unspecified atom stereocenters. The summed E-state index contributed by atoms with van der Waals surface area (Å²) in [6.45, 7) is 6.49. The standard InChI is InChI=1S/C15H21N5O/c21-15-13-9-16-5-6-18(13)7-8-20(15)12-10-19(11-12)14-3-1-2-4-17-14/h1-4,12-13,16H,5-11H2/t13-/m1/s1. The predicted octanol–water partition coefficient (Wildman–Crippen LogP) is -0.614. The van der Waals surface area contributed by atoms with Gasteiger partial charge < -0.3 is 15.1 Å². The lowest BCUT2D eigenvalue weighted by molar-refractivity contribution is -0.146. The number of aromatic nitrogens is 1. The first kappa shape index (κ1) is 13.0. The van der Waals surface area contributed by atoms with E-state index in [-0.39, 0.29) is 6.04 Å². The topological polar surface area (TPSA) is 51.7 Å². The molecule has 0 aromatic carbocycles. The van der Waals surface area contributed by atoms with Crippen LogP contribution in [0.15, 0.2) is 24.4 Å². The van der Waals surface area contributed by atoms with Crippen LogP contribution < -0.4 is 10.2 Å². The van der Waals surface area contributed by atoms with Crippen molar-refractivity contribution in [1.29, 1.82) is 0 Å². The summed E-state index contributed by atoms with van der Waals surface area (Å²) < 4.78 is 0. The van der Waals surface area contributed by atoms with Gasteiger partial charge in [-0.2, -0.15) is 0 Å². The third kappa shape index (κ3) is 2.28. The fraction of sp³-hybridized carbons (Fsp3) is 0.600. The molecule has 0 spiro atoms. The molecule has 3 fully saturated rings. The minimum Gasteiger partial charge on any atom is -0.352 e. The second-order valence-corrected chi connectivity index (χ2v) is 6.03.